The summed E-state index contributed by atoms with van der Waals surface area (Å²) in [7, 11) is -0.797. The van der Waals surface area contributed by atoms with Crippen molar-refractivity contribution in [3.8, 4) is 11.1 Å². The first-order valence-electron chi connectivity index (χ1n) is 9.25. The second kappa shape index (κ2) is 6.64. The van der Waals surface area contributed by atoms with Gasteiger partial charge in [0.15, 0.2) is 0 Å². The number of primary amides is 1. The minimum atomic E-state index is -0.797. The molecule has 0 bridgehead atoms. The van der Waals surface area contributed by atoms with Crippen LogP contribution in [0.15, 0.2) is 48.7 Å². The molecule has 4 nitrogen and oxygen atoms in total. The highest BCUT2D eigenvalue weighted by Crippen LogP contribution is 2.41. The lowest BCUT2D eigenvalue weighted by atomic mass is 9.86. The van der Waals surface area contributed by atoms with Crippen LogP contribution < -0.4 is 5.73 Å². The summed E-state index contributed by atoms with van der Waals surface area (Å²) in [5.41, 5.74) is 10.2. The molecule has 2 heterocycles. The Bertz CT molecular complexity index is 1040. The number of hydrogen-bond donors (Lipinski definition) is 2. The fourth-order valence-electron chi connectivity index (χ4n) is 4.16. The van der Waals surface area contributed by atoms with Gasteiger partial charge < -0.3 is 10.7 Å². The number of carbonyl (C=O) groups excluding carboxylic acids is 1. The lowest BCUT2D eigenvalue weighted by molar-refractivity contribution is 0.100. The van der Waals surface area contributed by atoms with E-state index < -0.39 is 16.7 Å². The van der Waals surface area contributed by atoms with E-state index in [9.17, 15) is 9.00 Å². The molecule has 1 aromatic heterocycles. The van der Waals surface area contributed by atoms with Crippen molar-refractivity contribution in [2.45, 2.75) is 37.4 Å². The van der Waals surface area contributed by atoms with E-state index in [1.807, 2.05) is 42.6 Å². The Labute approximate surface area is 161 Å². The minimum absolute atomic E-state index is 0.198. The van der Waals surface area contributed by atoms with Gasteiger partial charge in [-0.25, -0.2) is 0 Å². The smallest absolute Gasteiger partial charge is 0.250 e. The molecule has 4 rings (SSSR count). The van der Waals surface area contributed by atoms with Crippen molar-refractivity contribution in [3.63, 3.8) is 0 Å². The van der Waals surface area contributed by atoms with Crippen molar-refractivity contribution in [1.29, 1.82) is 0 Å². The van der Waals surface area contributed by atoms with Crippen molar-refractivity contribution in [2.75, 3.05) is 5.75 Å². The lowest BCUT2D eigenvalue weighted by Crippen LogP contribution is -2.35. The molecule has 2 aromatic carbocycles. The van der Waals surface area contributed by atoms with Gasteiger partial charge in [-0.1, -0.05) is 30.3 Å². The zero-order valence-corrected chi connectivity index (χ0v) is 16.4. The molecule has 0 spiro atoms. The van der Waals surface area contributed by atoms with Crippen LogP contribution in [0.1, 0.15) is 48.5 Å². The van der Waals surface area contributed by atoms with Crippen molar-refractivity contribution >= 4 is 27.6 Å². The minimum Gasteiger partial charge on any atom is -0.366 e. The van der Waals surface area contributed by atoms with Crippen LogP contribution in [0.2, 0.25) is 0 Å². The van der Waals surface area contributed by atoms with Gasteiger partial charge >= 0.3 is 0 Å². The predicted octanol–water partition coefficient (Wildman–Crippen LogP) is 4.34. The van der Waals surface area contributed by atoms with Gasteiger partial charge in [0.1, 0.15) is 0 Å². The van der Waals surface area contributed by atoms with Crippen LogP contribution in [0.25, 0.3) is 22.0 Å². The fourth-order valence-corrected chi connectivity index (χ4v) is 5.60. The standard InChI is InChI=1S/C22H24N2O2S/c1-22(2)12-15(8-9-27(22)26)19-13-24-20-17(19)10-16(11-18(20)21(23)25)14-6-4-3-5-7-14/h3-7,10-11,13,15,24H,8-9,12H2,1-2H3,(H2,23,25). The highest BCUT2D eigenvalue weighted by Gasteiger charge is 2.36. The number of aromatic nitrogens is 1. The summed E-state index contributed by atoms with van der Waals surface area (Å²) in [6.45, 7) is 4.16. The molecular formula is C22H24N2O2S. The zero-order valence-electron chi connectivity index (χ0n) is 15.6. The Morgan fingerprint density at radius 2 is 1.93 bits per heavy atom. The molecule has 0 radical (unpaired) electrons. The van der Waals surface area contributed by atoms with E-state index >= 15 is 0 Å². The number of nitrogens with one attached hydrogen (secondary N) is 1. The molecule has 5 heteroatoms. The average molecular weight is 381 g/mol. The third kappa shape index (κ3) is 3.21. The van der Waals surface area contributed by atoms with Crippen LogP contribution >= 0.6 is 0 Å². The normalized spacial score (nSPS) is 22.0. The van der Waals surface area contributed by atoms with E-state index in [2.05, 4.69) is 24.9 Å². The summed E-state index contributed by atoms with van der Waals surface area (Å²) in [6, 6.07) is 14.0. The van der Waals surface area contributed by atoms with Crippen LogP contribution in [-0.4, -0.2) is 25.6 Å². The Balaban J connectivity index is 1.87. The van der Waals surface area contributed by atoms with E-state index in [-0.39, 0.29) is 4.75 Å². The van der Waals surface area contributed by atoms with Gasteiger partial charge in [-0.15, -0.1) is 0 Å². The molecule has 0 saturated carbocycles. The van der Waals surface area contributed by atoms with Crippen molar-refractivity contribution < 1.29 is 9.00 Å². The molecule has 3 N–H and O–H groups in total. The first-order valence-corrected chi connectivity index (χ1v) is 10.6. The second-order valence-electron chi connectivity index (χ2n) is 7.92. The van der Waals surface area contributed by atoms with Crippen LogP contribution in [0.3, 0.4) is 0 Å². The molecule has 1 fully saturated rings. The van der Waals surface area contributed by atoms with E-state index in [0.29, 0.717) is 17.2 Å². The monoisotopic (exact) mass is 380 g/mol. The van der Waals surface area contributed by atoms with Crippen LogP contribution in [0.5, 0.6) is 0 Å². The second-order valence-corrected chi connectivity index (χ2v) is 10.1. The van der Waals surface area contributed by atoms with Gasteiger partial charge in [-0.2, -0.15) is 0 Å². The summed E-state index contributed by atoms with van der Waals surface area (Å²) in [6.07, 6.45) is 3.76. The molecular weight excluding hydrogens is 356 g/mol. The van der Waals surface area contributed by atoms with E-state index in [4.69, 9.17) is 5.73 Å². The molecule has 0 aliphatic carbocycles. The van der Waals surface area contributed by atoms with Gasteiger partial charge in [-0.05, 0) is 61.4 Å². The number of aromatic amines is 1. The lowest BCUT2D eigenvalue weighted by Gasteiger charge is -2.34. The van der Waals surface area contributed by atoms with E-state index in [0.717, 1.165) is 34.9 Å². The first-order chi connectivity index (χ1) is 12.9. The molecule has 27 heavy (non-hydrogen) atoms. The number of nitrogens with two attached hydrogens (primary N) is 1. The topological polar surface area (TPSA) is 76.0 Å². The zero-order chi connectivity index (χ0) is 19.2. The maximum absolute atomic E-state index is 12.3. The number of hydrogen-bond acceptors (Lipinski definition) is 2. The Morgan fingerprint density at radius 3 is 2.59 bits per heavy atom. The quantitative estimate of drug-likeness (QED) is 0.709. The molecule has 1 saturated heterocycles. The molecule has 2 atom stereocenters. The summed E-state index contributed by atoms with van der Waals surface area (Å²) < 4.78 is 12.1. The van der Waals surface area contributed by atoms with Crippen LogP contribution in [-0.2, 0) is 10.8 Å². The predicted molar refractivity (Wildman–Crippen MR) is 111 cm³/mol. The van der Waals surface area contributed by atoms with Crippen molar-refractivity contribution in [3.05, 3.63) is 59.8 Å². The molecule has 140 valence electrons. The third-order valence-electron chi connectivity index (χ3n) is 5.64. The van der Waals surface area contributed by atoms with Gasteiger partial charge in [0.25, 0.3) is 5.91 Å². The molecule has 3 aromatic rings. The van der Waals surface area contributed by atoms with Crippen LogP contribution in [0.4, 0.5) is 0 Å². The summed E-state index contributed by atoms with van der Waals surface area (Å²) >= 11 is 0. The van der Waals surface area contributed by atoms with Crippen molar-refractivity contribution in [2.24, 2.45) is 5.73 Å². The molecule has 1 aliphatic heterocycles. The highest BCUT2D eigenvalue weighted by molar-refractivity contribution is 7.86. The maximum Gasteiger partial charge on any atom is 0.250 e. The summed E-state index contributed by atoms with van der Waals surface area (Å²) in [5.74, 6) is 0.597. The Hall–Kier alpha value is -2.40. The van der Waals surface area contributed by atoms with Gasteiger partial charge in [0, 0.05) is 32.9 Å². The maximum atomic E-state index is 12.3. The first kappa shape index (κ1) is 18.0. The number of fused-ring (bicyclic) bond motifs is 1. The Morgan fingerprint density at radius 1 is 1.19 bits per heavy atom. The summed E-state index contributed by atoms with van der Waals surface area (Å²) in [5, 5.41) is 1.04. The third-order valence-corrected chi connectivity index (χ3v) is 7.65. The average Bonchev–Trinajstić information content (AvgIpc) is 3.07. The van der Waals surface area contributed by atoms with E-state index in [1.54, 1.807) is 0 Å². The summed E-state index contributed by atoms with van der Waals surface area (Å²) in [4.78, 5) is 15.4. The van der Waals surface area contributed by atoms with Gasteiger partial charge in [-0.3, -0.25) is 9.00 Å². The molecule has 1 aliphatic rings. The Kier molecular flexibility index (Phi) is 4.42. The fraction of sp³-hybridized carbons (Fsp3) is 0.318. The van der Waals surface area contributed by atoms with Crippen LogP contribution in [0, 0.1) is 0 Å². The SMILES string of the molecule is CC1(C)CC(c2c[nH]c3c(C(N)=O)cc(-c4ccccc4)cc23)CCS1=O. The van der Waals surface area contributed by atoms with Crippen molar-refractivity contribution in [1.82, 2.24) is 4.98 Å². The number of amides is 1. The number of H-pyrrole nitrogens is 1. The van der Waals surface area contributed by atoms with Gasteiger partial charge in [0.05, 0.1) is 11.1 Å². The highest BCUT2D eigenvalue weighted by atomic mass is 32.2. The molecule has 2 unspecified atom stereocenters. The molecule has 1 amide bonds. The van der Waals surface area contributed by atoms with Gasteiger partial charge in [0.2, 0.25) is 0 Å². The largest absolute Gasteiger partial charge is 0.366 e. The number of carbonyl (C=O) groups is 1. The van der Waals surface area contributed by atoms with E-state index in [1.165, 1.54) is 5.56 Å². The number of rotatable bonds is 3. The number of benzene rings is 2.